The summed E-state index contributed by atoms with van der Waals surface area (Å²) in [4.78, 5) is 0. The van der Waals surface area contributed by atoms with Gasteiger partial charge in [-0.2, -0.15) is 13.2 Å². The van der Waals surface area contributed by atoms with Crippen molar-refractivity contribution in [2.24, 2.45) is 11.7 Å². The normalized spacial score (nSPS) is 11.9. The third kappa shape index (κ3) is 5.11. The molecule has 1 aromatic rings. The molecule has 0 spiro atoms. The first-order chi connectivity index (χ1) is 8.84. The molecule has 0 aliphatic heterocycles. The zero-order valence-electron chi connectivity index (χ0n) is 11.3. The summed E-state index contributed by atoms with van der Waals surface area (Å²) in [6.45, 7) is 4.51. The van der Waals surface area contributed by atoms with E-state index in [2.05, 4.69) is 13.8 Å². The number of rotatable bonds is 6. The van der Waals surface area contributed by atoms with Crippen molar-refractivity contribution in [1.29, 1.82) is 0 Å². The summed E-state index contributed by atoms with van der Waals surface area (Å²) in [6, 6.07) is 3.96. The second-order valence-electron chi connectivity index (χ2n) is 4.92. The van der Waals surface area contributed by atoms with E-state index in [1.54, 1.807) is 6.07 Å². The van der Waals surface area contributed by atoms with E-state index >= 15 is 0 Å². The Bertz CT molecular complexity index is 402. The molecule has 19 heavy (non-hydrogen) atoms. The Morgan fingerprint density at radius 2 is 1.95 bits per heavy atom. The summed E-state index contributed by atoms with van der Waals surface area (Å²) in [5.41, 5.74) is 5.06. The van der Waals surface area contributed by atoms with Crippen LogP contribution in [0.1, 0.15) is 37.8 Å². The number of nitrogens with two attached hydrogens (primary N) is 1. The highest BCUT2D eigenvalue weighted by molar-refractivity contribution is 5.39. The molecule has 0 aromatic heterocycles. The maximum absolute atomic E-state index is 12.9. The molecule has 1 aromatic carbocycles. The molecule has 0 aliphatic carbocycles. The Labute approximate surface area is 111 Å². The van der Waals surface area contributed by atoms with Crippen LogP contribution >= 0.6 is 0 Å². The first-order valence-electron chi connectivity index (χ1n) is 6.37. The van der Waals surface area contributed by atoms with Gasteiger partial charge in [0.15, 0.2) is 0 Å². The lowest BCUT2D eigenvalue weighted by Crippen LogP contribution is -2.11. The fraction of sp³-hybridized carbons (Fsp3) is 0.571. The molecule has 0 saturated heterocycles. The van der Waals surface area contributed by atoms with Crippen molar-refractivity contribution in [2.75, 3.05) is 6.61 Å². The van der Waals surface area contributed by atoms with Crippen LogP contribution in [-0.4, -0.2) is 6.61 Å². The maximum Gasteiger partial charge on any atom is 0.419 e. The highest BCUT2D eigenvalue weighted by atomic mass is 19.4. The first kappa shape index (κ1) is 15.8. The van der Waals surface area contributed by atoms with Crippen LogP contribution in [0.15, 0.2) is 18.2 Å². The summed E-state index contributed by atoms with van der Waals surface area (Å²) in [6.07, 6.45) is -2.74. The molecule has 0 amide bonds. The van der Waals surface area contributed by atoms with Gasteiger partial charge in [0.1, 0.15) is 5.75 Å². The van der Waals surface area contributed by atoms with Gasteiger partial charge in [0.05, 0.1) is 12.2 Å². The van der Waals surface area contributed by atoms with E-state index in [1.807, 2.05) is 0 Å². The van der Waals surface area contributed by atoms with E-state index in [-0.39, 0.29) is 12.3 Å². The number of ether oxygens (including phenoxy) is 1. The predicted octanol–water partition coefficient (Wildman–Crippen LogP) is 3.98. The first-order valence-corrected chi connectivity index (χ1v) is 6.37. The van der Waals surface area contributed by atoms with E-state index in [4.69, 9.17) is 10.5 Å². The number of hydrogen-bond acceptors (Lipinski definition) is 2. The van der Waals surface area contributed by atoms with Crippen molar-refractivity contribution in [3.63, 3.8) is 0 Å². The molecule has 108 valence electrons. The van der Waals surface area contributed by atoms with Gasteiger partial charge in [0, 0.05) is 6.54 Å². The number of halogens is 3. The molecule has 2 nitrogen and oxygen atoms in total. The Kier molecular flexibility index (Phi) is 5.66. The average molecular weight is 275 g/mol. The van der Waals surface area contributed by atoms with Gasteiger partial charge in [-0.15, -0.1) is 0 Å². The van der Waals surface area contributed by atoms with Gasteiger partial charge in [-0.3, -0.25) is 0 Å². The van der Waals surface area contributed by atoms with Crippen LogP contribution in [-0.2, 0) is 12.7 Å². The van der Waals surface area contributed by atoms with Gasteiger partial charge in [0.25, 0.3) is 0 Å². The lowest BCUT2D eigenvalue weighted by atomic mass is 10.1. The zero-order valence-corrected chi connectivity index (χ0v) is 11.3. The number of hydrogen-bond donors (Lipinski definition) is 1. The van der Waals surface area contributed by atoms with Gasteiger partial charge in [0.2, 0.25) is 0 Å². The van der Waals surface area contributed by atoms with Crippen molar-refractivity contribution in [1.82, 2.24) is 0 Å². The summed E-state index contributed by atoms with van der Waals surface area (Å²) in [5, 5.41) is 0. The van der Waals surface area contributed by atoms with Crippen LogP contribution in [0.4, 0.5) is 13.2 Å². The van der Waals surface area contributed by atoms with E-state index < -0.39 is 11.7 Å². The minimum atomic E-state index is -4.42. The van der Waals surface area contributed by atoms with Crippen LogP contribution in [0, 0.1) is 5.92 Å². The molecular weight excluding hydrogens is 255 g/mol. The molecule has 0 heterocycles. The van der Waals surface area contributed by atoms with Crippen molar-refractivity contribution in [3.8, 4) is 5.75 Å². The van der Waals surface area contributed by atoms with Crippen LogP contribution in [0.2, 0.25) is 0 Å². The monoisotopic (exact) mass is 275 g/mol. The second kappa shape index (κ2) is 6.80. The van der Waals surface area contributed by atoms with Gasteiger partial charge in [-0.05, 0) is 36.5 Å². The van der Waals surface area contributed by atoms with E-state index in [9.17, 15) is 13.2 Å². The molecule has 2 N–H and O–H groups in total. The molecule has 0 bridgehead atoms. The van der Waals surface area contributed by atoms with E-state index in [0.717, 1.165) is 18.9 Å². The highest BCUT2D eigenvalue weighted by Gasteiger charge is 2.34. The van der Waals surface area contributed by atoms with Crippen LogP contribution in [0.25, 0.3) is 0 Å². The molecule has 0 radical (unpaired) electrons. The lowest BCUT2D eigenvalue weighted by molar-refractivity contribution is -0.139. The summed E-state index contributed by atoms with van der Waals surface area (Å²) < 4.78 is 43.9. The molecule has 0 atom stereocenters. The lowest BCUT2D eigenvalue weighted by Gasteiger charge is -2.15. The van der Waals surface area contributed by atoms with Crippen LogP contribution in [0.3, 0.4) is 0 Å². The highest BCUT2D eigenvalue weighted by Crippen LogP contribution is 2.36. The topological polar surface area (TPSA) is 35.2 Å². The summed E-state index contributed by atoms with van der Waals surface area (Å²) in [7, 11) is 0. The van der Waals surface area contributed by atoms with Crippen molar-refractivity contribution < 1.29 is 17.9 Å². The van der Waals surface area contributed by atoms with Gasteiger partial charge >= 0.3 is 6.18 Å². The van der Waals surface area contributed by atoms with Gasteiger partial charge in [-0.25, -0.2) is 0 Å². The molecule has 5 heteroatoms. The molecule has 0 aliphatic rings. The van der Waals surface area contributed by atoms with E-state index in [0.29, 0.717) is 18.1 Å². The Morgan fingerprint density at radius 3 is 2.47 bits per heavy atom. The standard InChI is InChI=1S/C14H20F3NO/c1-10(2)4-3-7-19-13-6-5-11(9-18)8-12(13)14(15,16)17/h5-6,8,10H,3-4,7,9,18H2,1-2H3. The molecule has 0 saturated carbocycles. The molecule has 1 rings (SSSR count). The largest absolute Gasteiger partial charge is 0.493 e. The Morgan fingerprint density at radius 1 is 1.26 bits per heavy atom. The maximum atomic E-state index is 12.9. The van der Waals surface area contributed by atoms with Gasteiger partial charge < -0.3 is 10.5 Å². The van der Waals surface area contributed by atoms with Crippen molar-refractivity contribution in [2.45, 2.75) is 39.4 Å². The fourth-order valence-corrected chi connectivity index (χ4v) is 1.73. The average Bonchev–Trinajstić information content (AvgIpc) is 2.33. The predicted molar refractivity (Wildman–Crippen MR) is 68.9 cm³/mol. The minimum absolute atomic E-state index is 0.0801. The van der Waals surface area contributed by atoms with Crippen molar-refractivity contribution >= 4 is 0 Å². The third-order valence-corrected chi connectivity index (χ3v) is 2.77. The zero-order chi connectivity index (χ0) is 14.5. The van der Waals surface area contributed by atoms with Crippen molar-refractivity contribution in [3.05, 3.63) is 29.3 Å². The van der Waals surface area contributed by atoms with Gasteiger partial charge in [-0.1, -0.05) is 19.9 Å². The second-order valence-corrected chi connectivity index (χ2v) is 4.92. The number of benzene rings is 1. The summed E-state index contributed by atoms with van der Waals surface area (Å²) >= 11 is 0. The fourth-order valence-electron chi connectivity index (χ4n) is 1.73. The molecular formula is C14H20F3NO. The quantitative estimate of drug-likeness (QED) is 0.797. The minimum Gasteiger partial charge on any atom is -0.493 e. The Hall–Kier alpha value is -1.23. The third-order valence-electron chi connectivity index (χ3n) is 2.77. The number of alkyl halides is 3. The molecule has 0 unspecified atom stereocenters. The smallest absolute Gasteiger partial charge is 0.419 e. The van der Waals surface area contributed by atoms with Crippen LogP contribution in [0.5, 0.6) is 5.75 Å². The van der Waals surface area contributed by atoms with E-state index in [1.165, 1.54) is 6.07 Å². The summed E-state index contributed by atoms with van der Waals surface area (Å²) in [5.74, 6) is 0.402. The molecule has 0 fully saturated rings. The Balaban J connectivity index is 2.76. The van der Waals surface area contributed by atoms with Crippen LogP contribution < -0.4 is 10.5 Å². The SMILES string of the molecule is CC(C)CCCOc1ccc(CN)cc1C(F)(F)F.